The molecule has 9 nitrogen and oxygen atoms in total. The summed E-state index contributed by atoms with van der Waals surface area (Å²) in [7, 11) is 0. The molecule has 4 aromatic rings. The number of nitrogen functional groups attached to an aromatic ring is 1. The van der Waals surface area contributed by atoms with Crippen LogP contribution in [0.2, 0.25) is 0 Å². The quantitative estimate of drug-likeness (QED) is 0.389. The van der Waals surface area contributed by atoms with Crippen LogP contribution in [-0.2, 0) is 19.5 Å². The molecule has 0 unspecified atom stereocenters. The number of benzene rings is 2. The zero-order valence-electron chi connectivity index (χ0n) is 17.7. The van der Waals surface area contributed by atoms with Gasteiger partial charge < -0.3 is 26.9 Å². The first-order chi connectivity index (χ1) is 15.4. The number of hydrogen-bond acceptors (Lipinski definition) is 7. The third-order valence-corrected chi connectivity index (χ3v) is 5.61. The summed E-state index contributed by atoms with van der Waals surface area (Å²) in [5.41, 5.74) is 14.3. The number of anilines is 2. The number of aromatic nitrogens is 1. The molecule has 0 radical (unpaired) electrons. The molecular weight excluding hydrogens is 424 g/mol. The van der Waals surface area contributed by atoms with E-state index in [2.05, 4.69) is 17.1 Å². The molecule has 0 aliphatic carbocycles. The number of pyridine rings is 1. The summed E-state index contributed by atoms with van der Waals surface area (Å²) in [5.74, 6) is -0.995. The Labute approximate surface area is 188 Å². The number of carbonyl (C=O) groups is 1. The molecule has 1 aliphatic heterocycles. The van der Waals surface area contributed by atoms with E-state index in [1.165, 1.54) is 5.56 Å². The van der Waals surface area contributed by atoms with Crippen molar-refractivity contribution in [2.45, 2.75) is 19.5 Å². The lowest BCUT2D eigenvalue weighted by Gasteiger charge is -2.31. The highest BCUT2D eigenvalue weighted by molar-refractivity contribution is 5.91. The van der Waals surface area contributed by atoms with Gasteiger partial charge in [-0.15, -0.1) is 0 Å². The van der Waals surface area contributed by atoms with E-state index in [-0.39, 0.29) is 16.9 Å². The van der Waals surface area contributed by atoms with Crippen molar-refractivity contribution in [3.05, 3.63) is 97.6 Å². The lowest BCUT2D eigenvalue weighted by molar-refractivity contribution is 0.0690. The molecule has 5 rings (SSSR count). The van der Waals surface area contributed by atoms with Gasteiger partial charge in [-0.3, -0.25) is 9.59 Å². The van der Waals surface area contributed by atoms with Gasteiger partial charge in [-0.1, -0.05) is 42.5 Å². The molecule has 0 atom stereocenters. The zero-order valence-corrected chi connectivity index (χ0v) is 17.7. The van der Waals surface area contributed by atoms with Crippen LogP contribution in [0.3, 0.4) is 0 Å². The van der Waals surface area contributed by atoms with Gasteiger partial charge in [-0.05, 0) is 34.6 Å². The van der Waals surface area contributed by atoms with Crippen LogP contribution in [0.4, 0.5) is 11.4 Å². The molecule has 3 aromatic carbocycles. The van der Waals surface area contributed by atoms with E-state index < -0.39 is 16.8 Å². The summed E-state index contributed by atoms with van der Waals surface area (Å²) in [5, 5.41) is 10.5. The lowest BCUT2D eigenvalue weighted by atomic mass is 9.96. The largest absolute Gasteiger partial charge is 0.477 e. The predicted molar refractivity (Wildman–Crippen MR) is 127 cm³/mol. The molecule has 7 N–H and O–H groups in total. The van der Waals surface area contributed by atoms with Crippen molar-refractivity contribution in [2.75, 3.05) is 17.2 Å². The van der Waals surface area contributed by atoms with Crippen LogP contribution in [-0.4, -0.2) is 28.1 Å². The summed E-state index contributed by atoms with van der Waals surface area (Å²) < 4.78 is 0. The highest BCUT2D eigenvalue weighted by Gasteiger charge is 2.26. The van der Waals surface area contributed by atoms with Gasteiger partial charge in [0.2, 0.25) is 0 Å². The van der Waals surface area contributed by atoms with E-state index in [4.69, 9.17) is 16.6 Å². The Morgan fingerprint density at radius 3 is 2.42 bits per heavy atom. The fourth-order valence-corrected chi connectivity index (χ4v) is 3.84. The zero-order chi connectivity index (χ0) is 22.8. The Balaban J connectivity index is 0.000000192. The molecule has 0 saturated heterocycles. The molecule has 0 bridgehead atoms. The molecule has 0 saturated carbocycles. The van der Waals surface area contributed by atoms with E-state index in [0.29, 0.717) is 25.3 Å². The molecule has 170 valence electrons. The monoisotopic (exact) mass is 448 g/mol. The van der Waals surface area contributed by atoms with Crippen molar-refractivity contribution < 1.29 is 15.4 Å². The predicted octanol–water partition coefficient (Wildman–Crippen LogP) is 0.995. The molecule has 0 amide bonds. The number of hydrogen-bond donors (Lipinski definition) is 3. The van der Waals surface area contributed by atoms with Gasteiger partial charge in [-0.2, -0.15) is 0 Å². The van der Waals surface area contributed by atoms with Crippen LogP contribution in [0.25, 0.3) is 10.8 Å². The minimum Gasteiger partial charge on any atom is -0.477 e. The Morgan fingerprint density at radius 2 is 1.76 bits per heavy atom. The molecule has 1 aromatic heterocycles. The van der Waals surface area contributed by atoms with Gasteiger partial charge in [0.1, 0.15) is 17.1 Å². The summed E-state index contributed by atoms with van der Waals surface area (Å²) in [6, 6.07) is 15.3. The average Bonchev–Trinajstić information content (AvgIpc) is 2.83. The number of fused-ring (bicyclic) bond motifs is 2. The maximum Gasteiger partial charge on any atom is 0.354 e. The summed E-state index contributed by atoms with van der Waals surface area (Å²) in [6.45, 7) is 1.82. The molecule has 0 fully saturated rings. The Kier molecular flexibility index (Phi) is 6.86. The average molecular weight is 448 g/mol. The van der Waals surface area contributed by atoms with E-state index in [1.54, 1.807) is 12.3 Å². The standard InChI is InChI=1S/C14H15N3O2.C10H7NO2.H2O/c15-6-8-1-2-9-3-4-17(7-10(9)5-8)12-11(16)13(18)14(12)19;12-10(13)9-5-7-3-1-2-4-8(7)6-11-9;/h1-2,5H,3-4,6-7,15-16H2;1-6H,(H,12,13);1H2. The van der Waals surface area contributed by atoms with E-state index in [1.807, 2.05) is 35.2 Å². The number of nitrogens with two attached hydrogens (primary N) is 2. The van der Waals surface area contributed by atoms with Crippen molar-refractivity contribution in [1.82, 2.24) is 4.98 Å². The molecule has 2 heterocycles. The maximum absolute atomic E-state index is 11.6. The first kappa shape index (κ1) is 23.6. The molecule has 33 heavy (non-hydrogen) atoms. The summed E-state index contributed by atoms with van der Waals surface area (Å²) >= 11 is 0. The second kappa shape index (κ2) is 9.60. The highest BCUT2D eigenvalue weighted by Crippen LogP contribution is 2.26. The molecule has 0 spiro atoms. The van der Waals surface area contributed by atoms with Crippen molar-refractivity contribution in [2.24, 2.45) is 5.73 Å². The number of rotatable bonds is 3. The number of nitrogens with zero attached hydrogens (tertiary/aromatic N) is 2. The van der Waals surface area contributed by atoms with Crippen molar-refractivity contribution in [3.63, 3.8) is 0 Å². The Bertz CT molecular complexity index is 1390. The fourth-order valence-electron chi connectivity index (χ4n) is 3.84. The first-order valence-electron chi connectivity index (χ1n) is 10.1. The van der Waals surface area contributed by atoms with Gasteiger partial charge in [0.25, 0.3) is 10.9 Å². The van der Waals surface area contributed by atoms with Crippen LogP contribution in [0.1, 0.15) is 27.2 Å². The number of aromatic carboxylic acids is 1. The fraction of sp³-hybridized carbons (Fsp3) is 0.167. The SMILES string of the molecule is NCc1ccc2c(c1)CN(c1c(N)c(=O)c1=O)CC2.O.O=C(O)c1cc2ccccc2cn1. The van der Waals surface area contributed by atoms with Crippen molar-refractivity contribution in [3.8, 4) is 0 Å². The van der Waals surface area contributed by atoms with Crippen LogP contribution in [0.5, 0.6) is 0 Å². The second-order valence-electron chi connectivity index (χ2n) is 7.62. The number of carboxylic acid groups (broad SMARTS) is 1. The summed E-state index contributed by atoms with van der Waals surface area (Å²) in [4.78, 5) is 39.0. The molecular formula is C24H24N4O5. The van der Waals surface area contributed by atoms with Crippen LogP contribution in [0.15, 0.2) is 64.3 Å². The maximum atomic E-state index is 11.6. The third kappa shape index (κ3) is 4.59. The van der Waals surface area contributed by atoms with E-state index >= 15 is 0 Å². The highest BCUT2D eigenvalue weighted by atomic mass is 16.4. The number of carboxylic acids is 1. The van der Waals surface area contributed by atoms with Gasteiger partial charge in [0, 0.05) is 31.2 Å². The lowest BCUT2D eigenvalue weighted by Crippen LogP contribution is -2.44. The smallest absolute Gasteiger partial charge is 0.354 e. The molecule has 9 heteroatoms. The van der Waals surface area contributed by atoms with Crippen LogP contribution in [0, 0.1) is 0 Å². The Morgan fingerprint density at radius 1 is 1.03 bits per heavy atom. The second-order valence-corrected chi connectivity index (χ2v) is 7.62. The van der Waals surface area contributed by atoms with Gasteiger partial charge in [0.05, 0.1) is 0 Å². The van der Waals surface area contributed by atoms with Crippen LogP contribution < -0.4 is 27.2 Å². The van der Waals surface area contributed by atoms with Gasteiger partial charge in [-0.25, -0.2) is 9.78 Å². The topological polar surface area (TPSA) is 171 Å². The molecule has 1 aliphatic rings. The van der Waals surface area contributed by atoms with Gasteiger partial charge in [0.15, 0.2) is 0 Å². The van der Waals surface area contributed by atoms with E-state index in [9.17, 15) is 14.4 Å². The summed E-state index contributed by atoms with van der Waals surface area (Å²) in [6.07, 6.45) is 2.41. The third-order valence-electron chi connectivity index (χ3n) is 5.61. The van der Waals surface area contributed by atoms with E-state index in [0.717, 1.165) is 28.3 Å². The first-order valence-corrected chi connectivity index (χ1v) is 10.1. The van der Waals surface area contributed by atoms with Crippen molar-refractivity contribution in [1.29, 1.82) is 0 Å². The Hall–Kier alpha value is -4.08. The minimum atomic E-state index is -0.995. The van der Waals surface area contributed by atoms with Crippen LogP contribution >= 0.6 is 0 Å². The van der Waals surface area contributed by atoms with Gasteiger partial charge >= 0.3 is 5.97 Å². The minimum absolute atomic E-state index is 0. The normalized spacial score (nSPS) is 12.5. The van der Waals surface area contributed by atoms with Crippen molar-refractivity contribution >= 4 is 28.1 Å².